The van der Waals surface area contributed by atoms with Crippen LogP contribution in [0.2, 0.25) is 0 Å². The van der Waals surface area contributed by atoms with E-state index in [1.165, 1.54) is 23.8 Å². The van der Waals surface area contributed by atoms with Gasteiger partial charge in [-0.05, 0) is 30.0 Å². The first kappa shape index (κ1) is 22.0. The number of carbonyl (C=O) groups excluding carboxylic acids is 3. The predicted octanol–water partition coefficient (Wildman–Crippen LogP) is 3.51. The predicted molar refractivity (Wildman–Crippen MR) is 124 cm³/mol. The van der Waals surface area contributed by atoms with Crippen molar-refractivity contribution in [2.75, 3.05) is 25.1 Å². The second-order valence-corrected chi connectivity index (χ2v) is 8.58. The second kappa shape index (κ2) is 9.48. The van der Waals surface area contributed by atoms with Crippen LogP contribution in [-0.4, -0.2) is 59.1 Å². The molecule has 32 heavy (non-hydrogen) atoms. The van der Waals surface area contributed by atoms with E-state index in [1.807, 2.05) is 48.7 Å². The van der Waals surface area contributed by atoms with Crippen molar-refractivity contribution in [3.05, 3.63) is 71.6 Å². The number of nitrogens with zero attached hydrogens (tertiary/aromatic N) is 3. The van der Waals surface area contributed by atoms with Crippen molar-refractivity contribution in [2.45, 2.75) is 24.8 Å². The summed E-state index contributed by atoms with van der Waals surface area (Å²) in [5.41, 5.74) is 1.40. The standard InChI is InChI=1S/C24H25N3O4S/c1-3-25(15-17-9-5-4-6-10-17)21(28)16-26-19-13-14-32-22(19)23(29)27(24(26)30)18-11-7-8-12-20(18)31-2/h4-14,19,22H,3,15-16H2,1-2H3. The third kappa shape index (κ3) is 4.10. The van der Waals surface area contributed by atoms with Gasteiger partial charge in [0.05, 0.1) is 18.8 Å². The molecule has 1 fully saturated rings. The first-order chi connectivity index (χ1) is 15.5. The summed E-state index contributed by atoms with van der Waals surface area (Å²) in [7, 11) is 1.50. The minimum atomic E-state index is -0.517. The van der Waals surface area contributed by atoms with Crippen LogP contribution in [0.3, 0.4) is 0 Å². The number of hydrogen-bond acceptors (Lipinski definition) is 5. The van der Waals surface area contributed by atoms with Crippen LogP contribution in [0.4, 0.5) is 10.5 Å². The molecule has 2 aliphatic heterocycles. The van der Waals surface area contributed by atoms with E-state index < -0.39 is 17.3 Å². The van der Waals surface area contributed by atoms with Crippen LogP contribution in [0.5, 0.6) is 5.75 Å². The number of para-hydroxylation sites is 2. The molecule has 0 saturated carbocycles. The molecular formula is C24H25N3O4S. The van der Waals surface area contributed by atoms with Crippen molar-refractivity contribution < 1.29 is 19.1 Å². The summed E-state index contributed by atoms with van der Waals surface area (Å²) in [6.45, 7) is 2.79. The Morgan fingerprint density at radius 2 is 1.81 bits per heavy atom. The highest BCUT2D eigenvalue weighted by Crippen LogP contribution is 2.38. The molecule has 7 nitrogen and oxygen atoms in total. The monoisotopic (exact) mass is 451 g/mol. The van der Waals surface area contributed by atoms with Gasteiger partial charge in [-0.2, -0.15) is 0 Å². The molecule has 2 aromatic rings. The number of carbonyl (C=O) groups is 3. The topological polar surface area (TPSA) is 70.2 Å². The van der Waals surface area contributed by atoms with Crippen LogP contribution < -0.4 is 9.64 Å². The van der Waals surface area contributed by atoms with E-state index in [0.29, 0.717) is 24.5 Å². The lowest BCUT2D eigenvalue weighted by Crippen LogP contribution is -2.63. The fourth-order valence-corrected chi connectivity index (χ4v) is 5.02. The molecule has 2 aliphatic rings. The number of thioether (sulfide) groups is 1. The molecule has 0 N–H and O–H groups in total. The van der Waals surface area contributed by atoms with Gasteiger partial charge in [-0.25, -0.2) is 9.69 Å². The number of likely N-dealkylation sites (N-methyl/N-ethyl adjacent to an activating group) is 1. The van der Waals surface area contributed by atoms with E-state index >= 15 is 0 Å². The lowest BCUT2D eigenvalue weighted by Gasteiger charge is -2.41. The van der Waals surface area contributed by atoms with Crippen LogP contribution in [0.1, 0.15) is 12.5 Å². The molecule has 0 aromatic heterocycles. The minimum absolute atomic E-state index is 0.107. The summed E-state index contributed by atoms with van der Waals surface area (Å²) in [5.74, 6) is -0.0444. The first-order valence-corrected chi connectivity index (χ1v) is 11.4. The molecule has 2 atom stereocenters. The van der Waals surface area contributed by atoms with Crippen LogP contribution in [-0.2, 0) is 16.1 Å². The number of fused-ring (bicyclic) bond motifs is 1. The maximum Gasteiger partial charge on any atom is 0.332 e. The Morgan fingerprint density at radius 3 is 2.53 bits per heavy atom. The Balaban J connectivity index is 1.60. The zero-order valence-corrected chi connectivity index (χ0v) is 18.8. The maximum atomic E-state index is 13.5. The van der Waals surface area contributed by atoms with Crippen LogP contribution in [0, 0.1) is 0 Å². The Hall–Kier alpha value is -3.26. The quantitative estimate of drug-likeness (QED) is 0.644. The number of imide groups is 1. The molecule has 0 bridgehead atoms. The van der Waals surface area contributed by atoms with E-state index in [2.05, 4.69) is 0 Å². The number of ether oxygens (including phenoxy) is 1. The maximum absolute atomic E-state index is 13.5. The van der Waals surface area contributed by atoms with Gasteiger partial charge in [0.15, 0.2) is 0 Å². The molecule has 166 valence electrons. The molecule has 2 heterocycles. The average molecular weight is 452 g/mol. The molecule has 2 unspecified atom stereocenters. The number of amides is 4. The lowest BCUT2D eigenvalue weighted by atomic mass is 10.1. The van der Waals surface area contributed by atoms with Crippen molar-refractivity contribution in [1.82, 2.24) is 9.80 Å². The Kier molecular flexibility index (Phi) is 6.50. The second-order valence-electron chi connectivity index (χ2n) is 7.53. The molecule has 0 aliphatic carbocycles. The third-order valence-corrected chi connectivity index (χ3v) is 6.74. The summed E-state index contributed by atoms with van der Waals surface area (Å²) < 4.78 is 5.38. The van der Waals surface area contributed by atoms with Gasteiger partial charge in [0.25, 0.3) is 5.91 Å². The minimum Gasteiger partial charge on any atom is -0.495 e. The lowest BCUT2D eigenvalue weighted by molar-refractivity contribution is -0.133. The van der Waals surface area contributed by atoms with Crippen LogP contribution in [0.25, 0.3) is 0 Å². The van der Waals surface area contributed by atoms with E-state index in [4.69, 9.17) is 4.74 Å². The highest BCUT2D eigenvalue weighted by Gasteiger charge is 2.49. The highest BCUT2D eigenvalue weighted by atomic mass is 32.2. The normalized spacial score (nSPS) is 19.8. The van der Waals surface area contributed by atoms with E-state index in [1.54, 1.807) is 29.2 Å². The average Bonchev–Trinajstić information content (AvgIpc) is 3.31. The number of benzene rings is 2. The Bertz CT molecular complexity index is 1040. The molecule has 0 spiro atoms. The van der Waals surface area contributed by atoms with Gasteiger partial charge in [-0.15, -0.1) is 11.8 Å². The zero-order chi connectivity index (χ0) is 22.7. The van der Waals surface area contributed by atoms with Crippen molar-refractivity contribution in [3.8, 4) is 5.75 Å². The number of urea groups is 1. The number of methoxy groups -OCH3 is 1. The van der Waals surface area contributed by atoms with Crippen molar-refractivity contribution in [2.24, 2.45) is 0 Å². The zero-order valence-electron chi connectivity index (χ0n) is 18.0. The highest BCUT2D eigenvalue weighted by molar-refractivity contribution is 8.03. The summed E-state index contributed by atoms with van der Waals surface area (Å²) in [6, 6.07) is 15.7. The van der Waals surface area contributed by atoms with Gasteiger partial charge in [0.1, 0.15) is 17.5 Å². The SMILES string of the molecule is CCN(Cc1ccccc1)C(=O)CN1C(=O)N(c2ccccc2OC)C(=O)C2SC=CC21. The summed E-state index contributed by atoms with van der Waals surface area (Å²) in [6.07, 6.45) is 1.82. The van der Waals surface area contributed by atoms with E-state index in [0.717, 1.165) is 10.5 Å². The van der Waals surface area contributed by atoms with Gasteiger partial charge >= 0.3 is 6.03 Å². The molecule has 1 saturated heterocycles. The Labute approximate surface area is 191 Å². The van der Waals surface area contributed by atoms with Gasteiger partial charge in [0.2, 0.25) is 5.91 Å². The molecular weight excluding hydrogens is 426 g/mol. The molecule has 0 radical (unpaired) electrons. The fraction of sp³-hybridized carbons (Fsp3) is 0.292. The third-order valence-electron chi connectivity index (χ3n) is 5.65. The van der Waals surface area contributed by atoms with Crippen LogP contribution in [0.15, 0.2) is 66.1 Å². The molecule has 2 aromatic carbocycles. The summed E-state index contributed by atoms with van der Waals surface area (Å²) in [4.78, 5) is 44.3. The number of hydrogen-bond donors (Lipinski definition) is 0. The van der Waals surface area contributed by atoms with Gasteiger partial charge in [-0.1, -0.05) is 48.5 Å². The Morgan fingerprint density at radius 1 is 1.09 bits per heavy atom. The van der Waals surface area contributed by atoms with Crippen molar-refractivity contribution >= 4 is 35.3 Å². The number of anilines is 1. The largest absolute Gasteiger partial charge is 0.495 e. The molecule has 4 rings (SSSR count). The smallest absolute Gasteiger partial charge is 0.332 e. The van der Waals surface area contributed by atoms with E-state index in [-0.39, 0.29) is 18.4 Å². The van der Waals surface area contributed by atoms with Crippen molar-refractivity contribution in [1.29, 1.82) is 0 Å². The van der Waals surface area contributed by atoms with Gasteiger partial charge in [0, 0.05) is 13.1 Å². The summed E-state index contributed by atoms with van der Waals surface area (Å²) in [5, 5.41) is 1.33. The fourth-order valence-electron chi connectivity index (χ4n) is 3.98. The van der Waals surface area contributed by atoms with Gasteiger partial charge in [-0.3, -0.25) is 9.59 Å². The first-order valence-electron chi connectivity index (χ1n) is 10.5. The van der Waals surface area contributed by atoms with E-state index in [9.17, 15) is 14.4 Å². The van der Waals surface area contributed by atoms with Crippen molar-refractivity contribution in [3.63, 3.8) is 0 Å². The molecule has 4 amide bonds. The van der Waals surface area contributed by atoms with Gasteiger partial charge < -0.3 is 14.5 Å². The molecule has 8 heteroatoms. The number of rotatable bonds is 7. The van der Waals surface area contributed by atoms with Crippen LogP contribution >= 0.6 is 11.8 Å². The summed E-state index contributed by atoms with van der Waals surface area (Å²) >= 11 is 1.36.